The fourth-order valence-corrected chi connectivity index (χ4v) is 3.84. The molecule has 0 rings (SSSR count). The smallest absolute Gasteiger partial charge is 0.217 e. The second-order valence-electron chi connectivity index (χ2n) is 8.88. The Morgan fingerprint density at radius 1 is 0.548 bits per heavy atom. The van der Waals surface area contributed by atoms with Crippen molar-refractivity contribution in [2.75, 3.05) is 26.7 Å². The molecule has 0 saturated heterocycles. The summed E-state index contributed by atoms with van der Waals surface area (Å²) >= 11 is 0. The summed E-state index contributed by atoms with van der Waals surface area (Å²) in [6.07, 6.45) is 26.0. The number of nitrogens with one attached hydrogen (secondary N) is 1. The van der Waals surface area contributed by atoms with Gasteiger partial charge in [-0.2, -0.15) is 0 Å². The van der Waals surface area contributed by atoms with Crippen LogP contribution in [0.4, 0.5) is 0 Å². The van der Waals surface area contributed by atoms with Crippen molar-refractivity contribution in [3.05, 3.63) is 0 Å². The zero-order valence-corrected chi connectivity index (χ0v) is 22.2. The van der Waals surface area contributed by atoms with Crippen molar-refractivity contribution in [1.82, 2.24) is 0 Å². The molecule has 0 atom stereocenters. The zero-order valence-electron chi connectivity index (χ0n) is 21.4. The summed E-state index contributed by atoms with van der Waals surface area (Å²) in [6, 6.07) is 0. The standard InChI is InChI=1S/C24H51N.CH4O4S/c1-4-7-10-13-16-19-22-25(23-20-17-14-11-8-5-2)24-21-18-15-12-9-6-3;1-5-6(2,3)4/h4-24H2,1-3H3;1H3,(H,2,3,4). The van der Waals surface area contributed by atoms with Gasteiger partial charge in [-0.1, -0.05) is 97.8 Å². The van der Waals surface area contributed by atoms with Crippen LogP contribution < -0.4 is 4.90 Å². The molecule has 0 aliphatic carbocycles. The molecule has 190 valence electrons. The molecule has 0 aromatic carbocycles. The van der Waals surface area contributed by atoms with Crippen molar-refractivity contribution >= 4 is 10.4 Å². The molecule has 31 heavy (non-hydrogen) atoms. The summed E-state index contributed by atoms with van der Waals surface area (Å²) < 4.78 is 31.0. The van der Waals surface area contributed by atoms with Gasteiger partial charge in [0.1, 0.15) is 0 Å². The summed E-state index contributed by atoms with van der Waals surface area (Å²) in [4.78, 5) is 1.92. The summed E-state index contributed by atoms with van der Waals surface area (Å²) in [5.74, 6) is 0. The molecular formula is C25H55NO4S. The number of unbranched alkanes of at least 4 members (excludes halogenated alkanes) is 15. The van der Waals surface area contributed by atoms with E-state index in [0.717, 1.165) is 7.11 Å². The van der Waals surface area contributed by atoms with Crippen molar-refractivity contribution < 1.29 is 22.1 Å². The van der Waals surface area contributed by atoms with Crippen LogP contribution in [0.15, 0.2) is 0 Å². The third-order valence-electron chi connectivity index (χ3n) is 5.86. The van der Waals surface area contributed by atoms with Gasteiger partial charge in [0.2, 0.25) is 10.4 Å². The first-order chi connectivity index (χ1) is 14.9. The maximum absolute atomic E-state index is 9.22. The van der Waals surface area contributed by atoms with E-state index in [1.54, 1.807) is 0 Å². The lowest BCUT2D eigenvalue weighted by Gasteiger charge is -2.20. The van der Waals surface area contributed by atoms with Crippen LogP contribution in [0.1, 0.15) is 136 Å². The van der Waals surface area contributed by atoms with Crippen LogP contribution in [0.2, 0.25) is 0 Å². The Kier molecular flexibility index (Phi) is 27.8. The molecule has 0 aromatic rings. The number of quaternary nitrogens is 1. The van der Waals surface area contributed by atoms with Crippen molar-refractivity contribution in [1.29, 1.82) is 0 Å². The van der Waals surface area contributed by atoms with E-state index in [-0.39, 0.29) is 0 Å². The Morgan fingerprint density at radius 2 is 0.774 bits per heavy atom. The van der Waals surface area contributed by atoms with E-state index in [9.17, 15) is 13.0 Å². The summed E-state index contributed by atoms with van der Waals surface area (Å²) in [5, 5.41) is 0. The Hall–Kier alpha value is -0.170. The Bertz CT molecular complexity index is 391. The monoisotopic (exact) mass is 465 g/mol. The molecule has 5 nitrogen and oxygen atoms in total. The molecule has 0 fully saturated rings. The van der Waals surface area contributed by atoms with Gasteiger partial charge in [0.15, 0.2) is 0 Å². The van der Waals surface area contributed by atoms with Crippen LogP contribution in [-0.2, 0) is 14.6 Å². The lowest BCUT2D eigenvalue weighted by molar-refractivity contribution is -0.900. The zero-order chi connectivity index (χ0) is 23.6. The van der Waals surface area contributed by atoms with E-state index in [0.29, 0.717) is 0 Å². The van der Waals surface area contributed by atoms with Crippen molar-refractivity contribution in [3.8, 4) is 0 Å². The second kappa shape index (κ2) is 26.1. The van der Waals surface area contributed by atoms with Gasteiger partial charge in [-0.3, -0.25) is 4.18 Å². The predicted octanol–water partition coefficient (Wildman–Crippen LogP) is 6.05. The van der Waals surface area contributed by atoms with Crippen molar-refractivity contribution in [2.24, 2.45) is 0 Å². The van der Waals surface area contributed by atoms with Gasteiger partial charge in [0.05, 0.1) is 26.7 Å². The van der Waals surface area contributed by atoms with Crippen LogP contribution in [-0.4, -0.2) is 39.7 Å². The number of hydrogen-bond acceptors (Lipinski definition) is 4. The SMILES string of the molecule is CCCCCCCC[NH+](CCCCCCCC)CCCCCCCC.COS(=O)(=O)[O-]. The molecule has 0 aliphatic rings. The fraction of sp³-hybridized carbons (Fsp3) is 1.00. The predicted molar refractivity (Wildman–Crippen MR) is 132 cm³/mol. The maximum Gasteiger partial charge on any atom is 0.217 e. The first-order valence-electron chi connectivity index (χ1n) is 13.3. The lowest BCUT2D eigenvalue weighted by atomic mass is 10.1. The highest BCUT2D eigenvalue weighted by Gasteiger charge is 2.08. The molecule has 1 N–H and O–H groups in total. The van der Waals surface area contributed by atoms with E-state index >= 15 is 0 Å². The molecule has 0 aromatic heterocycles. The highest BCUT2D eigenvalue weighted by Crippen LogP contribution is 2.06. The van der Waals surface area contributed by atoms with E-state index in [1.165, 1.54) is 135 Å². The number of hydrogen-bond donors (Lipinski definition) is 1. The van der Waals surface area contributed by atoms with Crippen LogP contribution in [0.5, 0.6) is 0 Å². The quantitative estimate of drug-likeness (QED) is 0.120. The topological polar surface area (TPSA) is 70.9 Å². The highest BCUT2D eigenvalue weighted by atomic mass is 32.3. The molecule has 0 radical (unpaired) electrons. The average molecular weight is 466 g/mol. The van der Waals surface area contributed by atoms with E-state index in [2.05, 4.69) is 25.0 Å². The van der Waals surface area contributed by atoms with Gasteiger partial charge in [-0.05, 0) is 38.5 Å². The molecule has 0 amide bonds. The van der Waals surface area contributed by atoms with Gasteiger partial charge < -0.3 is 9.45 Å². The van der Waals surface area contributed by atoms with Gasteiger partial charge in [-0.15, -0.1) is 0 Å². The Labute approximate surface area is 195 Å². The molecule has 0 aliphatic heterocycles. The van der Waals surface area contributed by atoms with E-state index in [4.69, 9.17) is 0 Å². The lowest BCUT2D eigenvalue weighted by Crippen LogP contribution is -3.12. The third-order valence-corrected chi connectivity index (χ3v) is 6.26. The summed E-state index contributed by atoms with van der Waals surface area (Å²) in [6.45, 7) is 11.3. The van der Waals surface area contributed by atoms with Gasteiger partial charge >= 0.3 is 0 Å². The molecule has 6 heteroatoms. The van der Waals surface area contributed by atoms with Gasteiger partial charge in [-0.25, -0.2) is 8.42 Å². The molecule has 0 heterocycles. The van der Waals surface area contributed by atoms with Crippen LogP contribution >= 0.6 is 0 Å². The van der Waals surface area contributed by atoms with Crippen molar-refractivity contribution in [3.63, 3.8) is 0 Å². The maximum atomic E-state index is 9.22. The molecular weight excluding hydrogens is 410 g/mol. The minimum absolute atomic E-state index is 0.808. The van der Waals surface area contributed by atoms with Crippen molar-refractivity contribution in [2.45, 2.75) is 136 Å². The highest BCUT2D eigenvalue weighted by molar-refractivity contribution is 7.80. The van der Waals surface area contributed by atoms with Gasteiger partial charge in [0, 0.05) is 0 Å². The molecule has 0 spiro atoms. The second-order valence-corrected chi connectivity index (χ2v) is 10.0. The van der Waals surface area contributed by atoms with E-state index in [1.807, 2.05) is 4.90 Å². The first kappa shape index (κ1) is 33.0. The van der Waals surface area contributed by atoms with E-state index < -0.39 is 10.4 Å². The Morgan fingerprint density at radius 3 is 1.00 bits per heavy atom. The summed E-state index contributed by atoms with van der Waals surface area (Å²) in [5.41, 5.74) is 0. The molecule has 0 unspecified atom stereocenters. The minimum Gasteiger partial charge on any atom is -0.726 e. The largest absolute Gasteiger partial charge is 0.726 e. The first-order valence-corrected chi connectivity index (χ1v) is 14.6. The van der Waals surface area contributed by atoms with Crippen LogP contribution in [0, 0.1) is 0 Å². The fourth-order valence-electron chi connectivity index (χ4n) is 3.84. The molecule has 0 bridgehead atoms. The van der Waals surface area contributed by atoms with Crippen LogP contribution in [0.3, 0.4) is 0 Å². The van der Waals surface area contributed by atoms with Gasteiger partial charge in [0.25, 0.3) is 0 Å². The number of rotatable bonds is 22. The molecule has 0 saturated carbocycles. The average Bonchev–Trinajstić information content (AvgIpc) is 2.74. The normalized spacial score (nSPS) is 11.5. The minimum atomic E-state index is -4.41. The van der Waals surface area contributed by atoms with Crippen LogP contribution in [0.25, 0.3) is 0 Å². The summed E-state index contributed by atoms with van der Waals surface area (Å²) in [7, 11) is -3.60. The Balaban J connectivity index is 0. The third kappa shape index (κ3) is 32.1.